The summed E-state index contributed by atoms with van der Waals surface area (Å²) in [5.41, 5.74) is 6.05. The quantitative estimate of drug-likeness (QED) is 0.804. The predicted molar refractivity (Wildman–Crippen MR) is 78.1 cm³/mol. The van der Waals surface area contributed by atoms with Crippen molar-refractivity contribution in [2.45, 2.75) is 31.8 Å². The third-order valence-corrected chi connectivity index (χ3v) is 4.26. The van der Waals surface area contributed by atoms with Gasteiger partial charge in [0.1, 0.15) is 5.69 Å². The minimum Gasteiger partial charge on any atom is -0.319 e. The van der Waals surface area contributed by atoms with Gasteiger partial charge in [-0.1, -0.05) is 0 Å². The van der Waals surface area contributed by atoms with Crippen LogP contribution in [0.3, 0.4) is 0 Å². The summed E-state index contributed by atoms with van der Waals surface area (Å²) in [4.78, 5) is 14.7. The van der Waals surface area contributed by atoms with Crippen molar-refractivity contribution in [2.75, 3.05) is 20.6 Å². The van der Waals surface area contributed by atoms with Crippen LogP contribution in [-0.2, 0) is 6.54 Å². The van der Waals surface area contributed by atoms with Crippen LogP contribution >= 0.6 is 15.9 Å². The summed E-state index contributed by atoms with van der Waals surface area (Å²) in [5.74, 6) is 0.294. The van der Waals surface area contributed by atoms with Crippen molar-refractivity contribution < 1.29 is 4.79 Å². The molecule has 0 bridgehead atoms. The molecule has 0 amide bonds. The van der Waals surface area contributed by atoms with E-state index in [0.29, 0.717) is 18.2 Å². The molecule has 1 aromatic rings. The molecule has 1 heterocycles. The SMILES string of the molecule is CN(C)CCn1ncc(Br)c1C(=O)C(C)(N)C1CC1. The summed E-state index contributed by atoms with van der Waals surface area (Å²) in [5, 5.41) is 4.27. The largest absolute Gasteiger partial charge is 0.319 e. The van der Waals surface area contributed by atoms with Gasteiger partial charge in [0.25, 0.3) is 0 Å². The van der Waals surface area contributed by atoms with Gasteiger partial charge in [0.05, 0.1) is 22.8 Å². The maximum Gasteiger partial charge on any atom is 0.201 e. The molecule has 0 radical (unpaired) electrons. The van der Waals surface area contributed by atoms with Gasteiger partial charge >= 0.3 is 0 Å². The van der Waals surface area contributed by atoms with E-state index in [-0.39, 0.29) is 5.78 Å². The van der Waals surface area contributed by atoms with Gasteiger partial charge in [0.2, 0.25) is 5.78 Å². The molecule has 2 N–H and O–H groups in total. The number of Topliss-reactive ketones (excluding diaryl/α,β-unsaturated/α-hetero) is 1. The molecular weight excluding hydrogens is 308 g/mol. The van der Waals surface area contributed by atoms with Crippen LogP contribution in [0.2, 0.25) is 0 Å². The molecule has 19 heavy (non-hydrogen) atoms. The van der Waals surface area contributed by atoms with E-state index in [1.54, 1.807) is 10.9 Å². The lowest BCUT2D eigenvalue weighted by Crippen LogP contribution is -2.48. The Bertz CT molecular complexity index is 477. The van der Waals surface area contributed by atoms with Crippen molar-refractivity contribution in [1.82, 2.24) is 14.7 Å². The summed E-state index contributed by atoms with van der Waals surface area (Å²) in [6, 6.07) is 0. The molecule has 1 aliphatic rings. The van der Waals surface area contributed by atoms with Crippen molar-refractivity contribution in [1.29, 1.82) is 0 Å². The fraction of sp³-hybridized carbons (Fsp3) is 0.692. The zero-order chi connectivity index (χ0) is 14.2. The van der Waals surface area contributed by atoms with Crippen molar-refractivity contribution in [3.8, 4) is 0 Å². The predicted octanol–water partition coefficient (Wildman–Crippen LogP) is 1.52. The van der Waals surface area contributed by atoms with Crippen LogP contribution in [0.1, 0.15) is 30.3 Å². The molecule has 1 saturated carbocycles. The molecule has 1 aromatic heterocycles. The van der Waals surface area contributed by atoms with Crippen LogP contribution in [0.25, 0.3) is 0 Å². The zero-order valence-corrected chi connectivity index (χ0v) is 13.3. The van der Waals surface area contributed by atoms with Gasteiger partial charge in [-0.05, 0) is 55.7 Å². The second-order valence-corrected chi connectivity index (χ2v) is 6.61. The molecule has 1 unspecified atom stereocenters. The van der Waals surface area contributed by atoms with Gasteiger partial charge in [0.15, 0.2) is 0 Å². The summed E-state index contributed by atoms with van der Waals surface area (Å²) in [6.45, 7) is 3.35. The molecule has 5 nitrogen and oxygen atoms in total. The number of halogens is 1. The normalized spacial score (nSPS) is 18.6. The van der Waals surface area contributed by atoms with Gasteiger partial charge in [-0.25, -0.2) is 0 Å². The van der Waals surface area contributed by atoms with Gasteiger partial charge in [-0.2, -0.15) is 5.10 Å². The molecule has 1 fully saturated rings. The molecule has 0 aromatic carbocycles. The molecule has 106 valence electrons. The van der Waals surface area contributed by atoms with E-state index < -0.39 is 5.54 Å². The van der Waals surface area contributed by atoms with Crippen LogP contribution < -0.4 is 5.73 Å². The van der Waals surface area contributed by atoms with Crippen molar-refractivity contribution in [3.05, 3.63) is 16.4 Å². The zero-order valence-electron chi connectivity index (χ0n) is 11.7. The van der Waals surface area contributed by atoms with E-state index in [9.17, 15) is 4.79 Å². The molecule has 2 rings (SSSR count). The average molecular weight is 329 g/mol. The van der Waals surface area contributed by atoms with Crippen molar-refractivity contribution in [2.24, 2.45) is 11.7 Å². The molecular formula is C13H21BrN4O. The molecule has 1 atom stereocenters. The summed E-state index contributed by atoms with van der Waals surface area (Å²) in [6.07, 6.45) is 3.76. The highest BCUT2D eigenvalue weighted by atomic mass is 79.9. The van der Waals surface area contributed by atoms with E-state index >= 15 is 0 Å². The molecule has 1 aliphatic carbocycles. The topological polar surface area (TPSA) is 64.2 Å². The lowest BCUT2D eigenvalue weighted by molar-refractivity contribution is 0.0870. The summed E-state index contributed by atoms with van der Waals surface area (Å²) >= 11 is 3.41. The van der Waals surface area contributed by atoms with Gasteiger partial charge in [-0.15, -0.1) is 0 Å². The molecule has 6 heteroatoms. The second-order valence-electron chi connectivity index (χ2n) is 5.75. The Morgan fingerprint density at radius 3 is 2.79 bits per heavy atom. The van der Waals surface area contributed by atoms with Gasteiger partial charge in [0, 0.05) is 6.54 Å². The molecule has 0 spiro atoms. The van der Waals surface area contributed by atoms with Crippen LogP contribution in [0.4, 0.5) is 0 Å². The lowest BCUT2D eigenvalue weighted by Gasteiger charge is -2.23. The number of carbonyl (C=O) groups is 1. The van der Waals surface area contributed by atoms with Crippen LogP contribution in [-0.4, -0.2) is 46.6 Å². The number of aromatic nitrogens is 2. The Labute approximate surface area is 122 Å². The van der Waals surface area contributed by atoms with E-state index in [1.807, 2.05) is 21.0 Å². The Morgan fingerprint density at radius 1 is 1.63 bits per heavy atom. The van der Waals surface area contributed by atoms with Crippen molar-refractivity contribution >= 4 is 21.7 Å². The number of ketones is 1. The Morgan fingerprint density at radius 2 is 2.26 bits per heavy atom. The van der Waals surface area contributed by atoms with Gasteiger partial charge < -0.3 is 10.6 Å². The van der Waals surface area contributed by atoms with Crippen LogP contribution in [0, 0.1) is 5.92 Å². The number of hydrogen-bond acceptors (Lipinski definition) is 4. The Balaban J connectivity index is 2.23. The first-order valence-electron chi connectivity index (χ1n) is 6.53. The number of carbonyl (C=O) groups excluding carboxylic acids is 1. The highest BCUT2D eigenvalue weighted by Crippen LogP contribution is 2.40. The third-order valence-electron chi connectivity index (χ3n) is 3.68. The number of rotatable bonds is 6. The van der Waals surface area contributed by atoms with Crippen LogP contribution in [0.5, 0.6) is 0 Å². The highest BCUT2D eigenvalue weighted by Gasteiger charge is 2.45. The summed E-state index contributed by atoms with van der Waals surface area (Å²) < 4.78 is 2.48. The first-order chi connectivity index (χ1) is 8.84. The minimum absolute atomic E-state index is 0.0156. The smallest absolute Gasteiger partial charge is 0.201 e. The third kappa shape index (κ3) is 3.07. The van der Waals surface area contributed by atoms with E-state index in [4.69, 9.17) is 5.73 Å². The fourth-order valence-electron chi connectivity index (χ4n) is 2.18. The fourth-order valence-corrected chi connectivity index (χ4v) is 2.65. The minimum atomic E-state index is -0.779. The van der Waals surface area contributed by atoms with E-state index in [1.165, 1.54) is 0 Å². The highest BCUT2D eigenvalue weighted by molar-refractivity contribution is 9.10. The monoisotopic (exact) mass is 328 g/mol. The Kier molecular flexibility index (Phi) is 4.13. The van der Waals surface area contributed by atoms with Crippen molar-refractivity contribution in [3.63, 3.8) is 0 Å². The lowest BCUT2D eigenvalue weighted by atomic mass is 9.90. The second kappa shape index (κ2) is 5.34. The standard InChI is InChI=1S/C13H21BrN4O/c1-13(15,9-4-5-9)12(19)11-10(14)8-16-18(11)7-6-17(2)3/h8-9H,4-7,15H2,1-3H3. The van der Waals surface area contributed by atoms with E-state index in [2.05, 4.69) is 25.9 Å². The summed E-state index contributed by atoms with van der Waals surface area (Å²) in [7, 11) is 3.99. The number of likely N-dealkylation sites (N-methyl/N-ethyl adjacent to an activating group) is 1. The van der Waals surface area contributed by atoms with Gasteiger partial charge in [-0.3, -0.25) is 9.48 Å². The number of hydrogen-bond donors (Lipinski definition) is 1. The maximum absolute atomic E-state index is 12.7. The first-order valence-corrected chi connectivity index (χ1v) is 7.33. The number of nitrogens with two attached hydrogens (primary N) is 1. The van der Waals surface area contributed by atoms with Crippen LogP contribution in [0.15, 0.2) is 10.7 Å². The molecule has 0 saturated heterocycles. The van der Waals surface area contributed by atoms with E-state index in [0.717, 1.165) is 23.9 Å². The maximum atomic E-state index is 12.7. The average Bonchev–Trinajstić information content (AvgIpc) is 3.11. The Hall–Kier alpha value is -0.720. The first kappa shape index (κ1) is 14.7. The number of nitrogens with zero attached hydrogens (tertiary/aromatic N) is 3. The molecule has 0 aliphatic heterocycles.